The molecule has 0 aliphatic rings. The third kappa shape index (κ3) is 1.09. The highest BCUT2D eigenvalue weighted by Crippen LogP contribution is 2.21. The van der Waals surface area contributed by atoms with Crippen molar-refractivity contribution in [1.29, 1.82) is 0 Å². The molecule has 0 unspecified atom stereocenters. The molecule has 2 aromatic rings. The lowest BCUT2D eigenvalue weighted by atomic mass is 10.1. The molecule has 0 spiro atoms. The summed E-state index contributed by atoms with van der Waals surface area (Å²) in [5.41, 5.74) is 0.760. The quantitative estimate of drug-likeness (QED) is 0.541. The number of thiophene rings is 1. The Kier molecular flexibility index (Phi) is 1.81. The SMILES string of the molecule is FC#Cc1cccc2cscc12. The molecule has 0 saturated carbocycles. The Bertz CT molecular complexity index is 459. The summed E-state index contributed by atoms with van der Waals surface area (Å²) in [6, 6.07) is 5.70. The van der Waals surface area contributed by atoms with Crippen molar-refractivity contribution in [2.24, 2.45) is 0 Å². The highest BCUT2D eigenvalue weighted by Gasteiger charge is 1.97. The molecule has 0 nitrogen and oxygen atoms in total. The van der Waals surface area contributed by atoms with Crippen molar-refractivity contribution in [1.82, 2.24) is 0 Å². The van der Waals surface area contributed by atoms with Crippen LogP contribution in [0.2, 0.25) is 0 Å². The zero-order valence-corrected chi connectivity index (χ0v) is 6.99. The van der Waals surface area contributed by atoms with Crippen LogP contribution < -0.4 is 0 Å². The maximum atomic E-state index is 11.8. The molecule has 58 valence electrons. The van der Waals surface area contributed by atoms with Gasteiger partial charge in [0.05, 0.1) is 0 Å². The fourth-order valence-corrected chi connectivity index (χ4v) is 1.97. The number of halogens is 1. The number of hydrogen-bond acceptors (Lipinski definition) is 1. The van der Waals surface area contributed by atoms with Crippen molar-refractivity contribution in [2.75, 3.05) is 0 Å². The zero-order chi connectivity index (χ0) is 8.39. The molecule has 0 atom stereocenters. The van der Waals surface area contributed by atoms with Crippen LogP contribution in [0.3, 0.4) is 0 Å². The van der Waals surface area contributed by atoms with E-state index >= 15 is 0 Å². The van der Waals surface area contributed by atoms with Gasteiger partial charge in [0.2, 0.25) is 0 Å². The molecule has 2 heteroatoms. The maximum Gasteiger partial charge on any atom is 0.111 e. The predicted molar refractivity (Wildman–Crippen MR) is 49.8 cm³/mol. The minimum absolute atomic E-state index is 0.760. The average molecular weight is 176 g/mol. The van der Waals surface area contributed by atoms with Crippen molar-refractivity contribution < 1.29 is 4.39 Å². The zero-order valence-electron chi connectivity index (χ0n) is 6.17. The summed E-state index contributed by atoms with van der Waals surface area (Å²) < 4.78 is 11.8. The summed E-state index contributed by atoms with van der Waals surface area (Å²) >= 11 is 1.60. The first-order chi connectivity index (χ1) is 5.92. The third-order valence-corrected chi connectivity index (χ3v) is 2.46. The van der Waals surface area contributed by atoms with E-state index in [1.165, 1.54) is 6.17 Å². The van der Waals surface area contributed by atoms with Gasteiger partial charge in [-0.15, -0.1) is 4.39 Å². The van der Waals surface area contributed by atoms with Crippen LogP contribution in [0.15, 0.2) is 29.0 Å². The molecule has 1 aromatic carbocycles. The summed E-state index contributed by atoms with van der Waals surface area (Å²) in [6.07, 6.45) is 1.42. The van der Waals surface area contributed by atoms with E-state index in [1.807, 2.05) is 29.0 Å². The van der Waals surface area contributed by atoms with Gasteiger partial charge < -0.3 is 0 Å². The monoisotopic (exact) mass is 176 g/mol. The van der Waals surface area contributed by atoms with Gasteiger partial charge in [0.15, 0.2) is 0 Å². The lowest BCUT2D eigenvalue weighted by Gasteiger charge is -1.91. The minimum atomic E-state index is 0.760. The van der Waals surface area contributed by atoms with Crippen molar-refractivity contribution in [2.45, 2.75) is 0 Å². The lowest BCUT2D eigenvalue weighted by molar-refractivity contribution is 0.774. The molecular formula is C10H5FS. The summed E-state index contributed by atoms with van der Waals surface area (Å²) in [4.78, 5) is 0. The third-order valence-electron chi connectivity index (χ3n) is 1.70. The van der Waals surface area contributed by atoms with Gasteiger partial charge in [0.25, 0.3) is 0 Å². The van der Waals surface area contributed by atoms with Gasteiger partial charge in [-0.25, -0.2) is 0 Å². The molecule has 0 N–H and O–H groups in total. The molecule has 0 aliphatic heterocycles. The minimum Gasteiger partial charge on any atom is -0.151 e. The van der Waals surface area contributed by atoms with E-state index in [0.717, 1.165) is 16.3 Å². The lowest BCUT2D eigenvalue weighted by Crippen LogP contribution is -1.72. The van der Waals surface area contributed by atoms with Crippen molar-refractivity contribution in [3.63, 3.8) is 0 Å². The Balaban J connectivity index is 2.79. The molecule has 0 fully saturated rings. The number of fused-ring (bicyclic) bond motifs is 1. The normalized spacial score (nSPS) is 9.42. The van der Waals surface area contributed by atoms with Crippen molar-refractivity contribution >= 4 is 22.1 Å². The molecule has 0 aliphatic carbocycles. The predicted octanol–water partition coefficient (Wildman–Crippen LogP) is 3.18. The number of benzene rings is 1. The van der Waals surface area contributed by atoms with Crippen LogP contribution in [0.1, 0.15) is 5.56 Å². The second kappa shape index (κ2) is 2.96. The Morgan fingerprint density at radius 1 is 1.25 bits per heavy atom. The van der Waals surface area contributed by atoms with Gasteiger partial charge in [-0.1, -0.05) is 12.1 Å². The Morgan fingerprint density at radius 3 is 3.00 bits per heavy atom. The van der Waals surface area contributed by atoms with E-state index < -0.39 is 0 Å². The molecule has 0 saturated heterocycles. The Hall–Kier alpha value is -1.33. The molecule has 2 rings (SSSR count). The highest BCUT2D eigenvalue weighted by atomic mass is 32.1. The fourth-order valence-electron chi connectivity index (χ4n) is 1.15. The number of rotatable bonds is 0. The van der Waals surface area contributed by atoms with Crippen molar-refractivity contribution in [3.8, 4) is 12.1 Å². The fraction of sp³-hybridized carbons (Fsp3) is 0. The van der Waals surface area contributed by atoms with E-state index in [0.29, 0.717) is 0 Å². The van der Waals surface area contributed by atoms with Crippen LogP contribution in [0.4, 0.5) is 4.39 Å². The second-order valence-corrected chi connectivity index (χ2v) is 3.14. The molecular weight excluding hydrogens is 171 g/mol. The van der Waals surface area contributed by atoms with Gasteiger partial charge in [0, 0.05) is 10.9 Å². The van der Waals surface area contributed by atoms with Gasteiger partial charge in [-0.05, 0) is 28.1 Å². The molecule has 12 heavy (non-hydrogen) atoms. The standard InChI is InChI=1S/C10H5FS/c11-5-4-8-2-1-3-9-6-12-7-10(8)9/h1-3,6-7H. The summed E-state index contributed by atoms with van der Waals surface area (Å²) in [5, 5.41) is 6.17. The van der Waals surface area contributed by atoms with E-state index in [2.05, 4.69) is 5.92 Å². The Morgan fingerprint density at radius 2 is 2.17 bits per heavy atom. The first-order valence-corrected chi connectivity index (χ1v) is 4.42. The largest absolute Gasteiger partial charge is 0.151 e. The van der Waals surface area contributed by atoms with Gasteiger partial charge in [-0.3, -0.25) is 0 Å². The van der Waals surface area contributed by atoms with Gasteiger partial charge >= 0.3 is 0 Å². The van der Waals surface area contributed by atoms with E-state index in [-0.39, 0.29) is 0 Å². The van der Waals surface area contributed by atoms with Crippen LogP contribution in [0.25, 0.3) is 10.8 Å². The van der Waals surface area contributed by atoms with Crippen LogP contribution in [-0.2, 0) is 0 Å². The molecule has 0 radical (unpaired) electrons. The van der Waals surface area contributed by atoms with E-state index in [1.54, 1.807) is 11.3 Å². The first-order valence-electron chi connectivity index (χ1n) is 3.48. The molecule has 1 heterocycles. The van der Waals surface area contributed by atoms with Crippen LogP contribution in [0, 0.1) is 12.1 Å². The highest BCUT2D eigenvalue weighted by molar-refractivity contribution is 7.09. The van der Waals surface area contributed by atoms with Crippen LogP contribution in [0.5, 0.6) is 0 Å². The Labute approximate surface area is 73.6 Å². The first kappa shape index (κ1) is 7.33. The van der Waals surface area contributed by atoms with E-state index in [9.17, 15) is 4.39 Å². The van der Waals surface area contributed by atoms with E-state index in [4.69, 9.17) is 0 Å². The molecule has 1 aromatic heterocycles. The summed E-state index contributed by atoms with van der Waals surface area (Å²) in [7, 11) is 0. The van der Waals surface area contributed by atoms with Crippen molar-refractivity contribution in [3.05, 3.63) is 34.5 Å². The molecule has 0 bridgehead atoms. The average Bonchev–Trinajstić information content (AvgIpc) is 2.53. The van der Waals surface area contributed by atoms with Crippen LogP contribution >= 0.6 is 11.3 Å². The van der Waals surface area contributed by atoms with Gasteiger partial charge in [0.1, 0.15) is 6.17 Å². The smallest absolute Gasteiger partial charge is 0.111 e. The second-order valence-electron chi connectivity index (χ2n) is 2.40. The molecule has 0 amide bonds. The summed E-state index contributed by atoms with van der Waals surface area (Å²) in [6.45, 7) is 0. The number of hydrogen-bond donors (Lipinski definition) is 0. The van der Waals surface area contributed by atoms with Crippen LogP contribution in [-0.4, -0.2) is 0 Å². The van der Waals surface area contributed by atoms with Gasteiger partial charge in [-0.2, -0.15) is 11.3 Å². The summed E-state index contributed by atoms with van der Waals surface area (Å²) in [5.74, 6) is 2.43. The maximum absolute atomic E-state index is 11.8. The topological polar surface area (TPSA) is 0 Å².